The van der Waals surface area contributed by atoms with Crippen LogP contribution in [0.1, 0.15) is 37.4 Å². The molecule has 0 aromatic heterocycles. The summed E-state index contributed by atoms with van der Waals surface area (Å²) in [6.45, 7) is 4.40. The van der Waals surface area contributed by atoms with E-state index in [0.717, 1.165) is 17.9 Å². The molecular weight excluding hydrogens is 266 g/mol. The van der Waals surface area contributed by atoms with Crippen molar-refractivity contribution in [1.82, 2.24) is 5.32 Å². The van der Waals surface area contributed by atoms with Crippen molar-refractivity contribution < 1.29 is 0 Å². The number of benzene rings is 2. The van der Waals surface area contributed by atoms with Gasteiger partial charge in [0.2, 0.25) is 0 Å². The maximum absolute atomic E-state index is 6.27. The predicted molar refractivity (Wildman–Crippen MR) is 87.2 cm³/mol. The van der Waals surface area contributed by atoms with Crippen molar-refractivity contribution in [3.05, 3.63) is 70.7 Å². The Hall–Kier alpha value is -1.31. The third-order valence-corrected chi connectivity index (χ3v) is 4.02. The molecule has 1 nitrogen and oxygen atoms in total. The van der Waals surface area contributed by atoms with E-state index >= 15 is 0 Å². The highest BCUT2D eigenvalue weighted by Gasteiger charge is 2.14. The molecule has 0 radical (unpaired) electrons. The topological polar surface area (TPSA) is 12.0 Å². The Morgan fingerprint density at radius 1 is 1.00 bits per heavy atom. The first kappa shape index (κ1) is 15.1. The van der Waals surface area contributed by atoms with E-state index < -0.39 is 0 Å². The number of hydrogen-bond acceptors (Lipinski definition) is 1. The van der Waals surface area contributed by atoms with Crippen LogP contribution in [0.5, 0.6) is 0 Å². The third-order valence-electron chi connectivity index (χ3n) is 3.68. The highest BCUT2D eigenvalue weighted by molar-refractivity contribution is 6.31. The fourth-order valence-electron chi connectivity index (χ4n) is 2.49. The van der Waals surface area contributed by atoms with Crippen LogP contribution in [0.2, 0.25) is 5.02 Å². The minimum Gasteiger partial charge on any atom is -0.307 e. The number of hydrogen-bond donors (Lipinski definition) is 1. The van der Waals surface area contributed by atoms with Crippen LogP contribution in [-0.4, -0.2) is 6.04 Å². The lowest BCUT2D eigenvalue weighted by atomic mass is 10.0. The van der Waals surface area contributed by atoms with Crippen LogP contribution in [0.4, 0.5) is 0 Å². The van der Waals surface area contributed by atoms with Crippen molar-refractivity contribution in [1.29, 1.82) is 0 Å². The van der Waals surface area contributed by atoms with E-state index in [9.17, 15) is 0 Å². The van der Waals surface area contributed by atoms with Gasteiger partial charge in [0.1, 0.15) is 0 Å². The molecule has 2 rings (SSSR count). The molecule has 2 unspecified atom stereocenters. The van der Waals surface area contributed by atoms with Gasteiger partial charge in [-0.15, -0.1) is 0 Å². The quantitative estimate of drug-likeness (QED) is 0.787. The summed E-state index contributed by atoms with van der Waals surface area (Å²) in [6, 6.07) is 19.4. The van der Waals surface area contributed by atoms with Crippen LogP contribution in [0.15, 0.2) is 54.6 Å². The fourth-order valence-corrected chi connectivity index (χ4v) is 2.79. The molecule has 0 saturated carbocycles. The number of rotatable bonds is 6. The summed E-state index contributed by atoms with van der Waals surface area (Å²) in [5.74, 6) is 0. The first-order valence-corrected chi connectivity index (χ1v) is 7.63. The molecule has 0 heterocycles. The highest BCUT2D eigenvalue weighted by Crippen LogP contribution is 2.23. The summed E-state index contributed by atoms with van der Waals surface area (Å²) in [7, 11) is 0. The van der Waals surface area contributed by atoms with Crippen LogP contribution in [-0.2, 0) is 6.42 Å². The van der Waals surface area contributed by atoms with E-state index in [1.807, 2.05) is 18.2 Å². The second kappa shape index (κ2) is 7.47. The molecule has 20 heavy (non-hydrogen) atoms. The van der Waals surface area contributed by atoms with Crippen LogP contribution in [0.25, 0.3) is 0 Å². The van der Waals surface area contributed by atoms with E-state index in [0.29, 0.717) is 6.04 Å². The second-order valence-corrected chi connectivity index (χ2v) is 5.61. The van der Waals surface area contributed by atoms with Crippen molar-refractivity contribution in [3.63, 3.8) is 0 Å². The Morgan fingerprint density at radius 2 is 1.65 bits per heavy atom. The summed E-state index contributed by atoms with van der Waals surface area (Å²) in [4.78, 5) is 0. The van der Waals surface area contributed by atoms with Crippen LogP contribution < -0.4 is 5.32 Å². The Balaban J connectivity index is 2.01. The zero-order valence-electron chi connectivity index (χ0n) is 12.1. The van der Waals surface area contributed by atoms with E-state index in [1.165, 1.54) is 11.1 Å². The molecule has 0 aliphatic rings. The molecular formula is C18H22ClN. The van der Waals surface area contributed by atoms with Crippen molar-refractivity contribution in [2.45, 2.75) is 38.8 Å². The second-order valence-electron chi connectivity index (χ2n) is 5.20. The van der Waals surface area contributed by atoms with Crippen molar-refractivity contribution in [3.8, 4) is 0 Å². The lowest BCUT2D eigenvalue weighted by Gasteiger charge is -2.23. The zero-order valence-corrected chi connectivity index (χ0v) is 12.9. The molecule has 2 atom stereocenters. The van der Waals surface area contributed by atoms with Gasteiger partial charge in [0, 0.05) is 17.1 Å². The molecule has 2 aromatic carbocycles. The number of halogens is 1. The van der Waals surface area contributed by atoms with Crippen molar-refractivity contribution >= 4 is 11.6 Å². The Bertz CT molecular complexity index is 524. The predicted octanol–water partition coefficient (Wildman–Crippen LogP) is 5.01. The summed E-state index contributed by atoms with van der Waals surface area (Å²) in [5, 5.41) is 4.52. The van der Waals surface area contributed by atoms with Gasteiger partial charge in [-0.05, 0) is 37.0 Å². The first-order valence-electron chi connectivity index (χ1n) is 7.25. The third kappa shape index (κ3) is 4.09. The van der Waals surface area contributed by atoms with Gasteiger partial charge in [-0.2, -0.15) is 0 Å². The summed E-state index contributed by atoms with van der Waals surface area (Å²) < 4.78 is 0. The van der Waals surface area contributed by atoms with Gasteiger partial charge in [-0.25, -0.2) is 0 Å². The average molecular weight is 288 g/mol. The van der Waals surface area contributed by atoms with Gasteiger partial charge >= 0.3 is 0 Å². The molecule has 0 aliphatic heterocycles. The van der Waals surface area contributed by atoms with E-state index in [4.69, 9.17) is 11.6 Å². The maximum atomic E-state index is 6.27. The maximum Gasteiger partial charge on any atom is 0.0453 e. The largest absolute Gasteiger partial charge is 0.307 e. The monoisotopic (exact) mass is 287 g/mol. The minimum absolute atomic E-state index is 0.261. The molecule has 0 aliphatic carbocycles. The molecule has 0 amide bonds. The van der Waals surface area contributed by atoms with Crippen molar-refractivity contribution in [2.75, 3.05) is 0 Å². The van der Waals surface area contributed by atoms with Gasteiger partial charge in [0.25, 0.3) is 0 Å². The minimum atomic E-state index is 0.261. The van der Waals surface area contributed by atoms with Crippen molar-refractivity contribution in [2.24, 2.45) is 0 Å². The molecule has 0 saturated heterocycles. The van der Waals surface area contributed by atoms with Crippen LogP contribution >= 0.6 is 11.6 Å². The molecule has 2 heteroatoms. The molecule has 1 N–H and O–H groups in total. The Labute approximate surface area is 127 Å². The van der Waals surface area contributed by atoms with Gasteiger partial charge in [0.05, 0.1) is 0 Å². The molecule has 2 aromatic rings. The Morgan fingerprint density at radius 3 is 2.30 bits per heavy atom. The van der Waals surface area contributed by atoms with Crippen LogP contribution in [0, 0.1) is 0 Å². The highest BCUT2D eigenvalue weighted by atomic mass is 35.5. The van der Waals surface area contributed by atoms with Gasteiger partial charge in [-0.3, -0.25) is 0 Å². The lowest BCUT2D eigenvalue weighted by Crippen LogP contribution is -2.33. The molecule has 0 spiro atoms. The lowest BCUT2D eigenvalue weighted by molar-refractivity contribution is 0.440. The molecule has 0 fully saturated rings. The zero-order chi connectivity index (χ0) is 14.4. The summed E-state index contributed by atoms with van der Waals surface area (Å²) in [6.07, 6.45) is 2.15. The number of nitrogens with one attached hydrogen (secondary N) is 1. The normalized spacial score (nSPS) is 13.9. The smallest absolute Gasteiger partial charge is 0.0453 e. The average Bonchev–Trinajstić information content (AvgIpc) is 2.48. The molecule has 0 bridgehead atoms. The van der Waals surface area contributed by atoms with Gasteiger partial charge in [-0.1, -0.05) is 67.1 Å². The summed E-state index contributed by atoms with van der Waals surface area (Å²) in [5.41, 5.74) is 2.54. The Kier molecular flexibility index (Phi) is 5.63. The summed E-state index contributed by atoms with van der Waals surface area (Å²) >= 11 is 6.27. The van der Waals surface area contributed by atoms with Gasteiger partial charge < -0.3 is 5.32 Å². The molecule has 106 valence electrons. The first-order chi connectivity index (χ1) is 9.70. The van der Waals surface area contributed by atoms with Crippen LogP contribution in [0.3, 0.4) is 0 Å². The van der Waals surface area contributed by atoms with Gasteiger partial charge in [0.15, 0.2) is 0 Å². The van der Waals surface area contributed by atoms with E-state index in [1.54, 1.807) is 0 Å². The van der Waals surface area contributed by atoms with E-state index in [2.05, 4.69) is 55.6 Å². The SMILES string of the molecule is CCC(Cc1ccccc1)NC(C)c1ccccc1Cl. The van der Waals surface area contributed by atoms with E-state index in [-0.39, 0.29) is 6.04 Å². The fraction of sp³-hybridized carbons (Fsp3) is 0.333. The standard InChI is InChI=1S/C18H22ClN/c1-3-16(13-15-9-5-4-6-10-15)20-14(2)17-11-7-8-12-18(17)19/h4-12,14,16,20H,3,13H2,1-2H3.